The molecule has 0 atom stereocenters. The van der Waals surface area contributed by atoms with Crippen molar-refractivity contribution in [2.45, 2.75) is 0 Å². The van der Waals surface area contributed by atoms with Crippen LogP contribution in [0.3, 0.4) is 0 Å². The van der Waals surface area contributed by atoms with E-state index in [2.05, 4.69) is 162 Å². The molecule has 0 fully saturated rings. The van der Waals surface area contributed by atoms with Crippen molar-refractivity contribution in [3.63, 3.8) is 0 Å². The largest absolute Gasteiger partial charge is 0.278 e. The summed E-state index contributed by atoms with van der Waals surface area (Å²) in [6.07, 6.45) is 0. The maximum Gasteiger partial charge on any atom is 0.235 e. The van der Waals surface area contributed by atoms with Crippen molar-refractivity contribution in [3.05, 3.63) is 164 Å². The second-order valence-corrected chi connectivity index (χ2v) is 12.2. The summed E-state index contributed by atoms with van der Waals surface area (Å²) in [7, 11) is 0. The fourth-order valence-corrected chi connectivity index (χ4v) is 7.34. The molecule has 0 aliphatic rings. The standard InChI is InChI=1S/C44H27N3/c1-2-10-28(11-3-1)29-18-20-31(21-19-29)43-37-15-6-8-16-40(37)45-44(46-43)47-41-17-9-7-14-36(41)39-27-38-32(26-42(39)47)23-25-34-33-13-5-4-12-30(33)22-24-35(34)38/h1-27H. The summed E-state index contributed by atoms with van der Waals surface area (Å²) in [4.78, 5) is 10.5. The lowest BCUT2D eigenvalue weighted by molar-refractivity contribution is 1.01. The molecule has 0 saturated heterocycles. The first-order valence-corrected chi connectivity index (χ1v) is 16.0. The minimum Gasteiger partial charge on any atom is -0.278 e. The molecule has 0 unspecified atom stereocenters. The molecular weight excluding hydrogens is 571 g/mol. The zero-order chi connectivity index (χ0) is 30.9. The quantitative estimate of drug-likeness (QED) is 0.190. The molecule has 218 valence electrons. The van der Waals surface area contributed by atoms with E-state index < -0.39 is 0 Å². The number of hydrogen-bond acceptors (Lipinski definition) is 2. The maximum absolute atomic E-state index is 5.33. The number of rotatable bonds is 3. The second kappa shape index (κ2) is 10.1. The van der Waals surface area contributed by atoms with Crippen LogP contribution in [-0.4, -0.2) is 14.5 Å². The minimum absolute atomic E-state index is 0.670. The van der Waals surface area contributed by atoms with Crippen LogP contribution in [0.4, 0.5) is 0 Å². The van der Waals surface area contributed by atoms with Gasteiger partial charge in [0.05, 0.1) is 22.2 Å². The zero-order valence-electron chi connectivity index (χ0n) is 25.4. The summed E-state index contributed by atoms with van der Waals surface area (Å²) < 4.78 is 2.24. The third-order valence-corrected chi connectivity index (χ3v) is 9.59. The Bertz CT molecular complexity index is 2830. The molecular formula is C44H27N3. The monoisotopic (exact) mass is 597 g/mol. The van der Waals surface area contributed by atoms with Crippen molar-refractivity contribution in [1.29, 1.82) is 0 Å². The number of benzene rings is 8. The average Bonchev–Trinajstić information content (AvgIpc) is 3.47. The van der Waals surface area contributed by atoms with E-state index in [1.807, 2.05) is 6.07 Å². The number of para-hydroxylation sites is 2. The molecule has 0 amide bonds. The summed E-state index contributed by atoms with van der Waals surface area (Å²) in [5.41, 5.74) is 7.48. The van der Waals surface area contributed by atoms with Crippen LogP contribution >= 0.6 is 0 Å². The van der Waals surface area contributed by atoms with Gasteiger partial charge in [-0.05, 0) is 67.7 Å². The molecule has 0 radical (unpaired) electrons. The third-order valence-electron chi connectivity index (χ3n) is 9.59. The Morgan fingerprint density at radius 1 is 0.340 bits per heavy atom. The molecule has 47 heavy (non-hydrogen) atoms. The van der Waals surface area contributed by atoms with Crippen molar-refractivity contribution >= 4 is 65.0 Å². The van der Waals surface area contributed by atoms with Crippen molar-refractivity contribution in [2.75, 3.05) is 0 Å². The van der Waals surface area contributed by atoms with E-state index in [9.17, 15) is 0 Å². The van der Waals surface area contributed by atoms with Crippen LogP contribution in [0.2, 0.25) is 0 Å². The summed E-state index contributed by atoms with van der Waals surface area (Å²) in [6, 6.07) is 58.5. The molecule has 0 saturated carbocycles. The molecule has 0 aliphatic heterocycles. The molecule has 8 aromatic carbocycles. The van der Waals surface area contributed by atoms with Crippen molar-refractivity contribution < 1.29 is 0 Å². The normalized spacial score (nSPS) is 11.8. The Hall–Kier alpha value is -6.32. The van der Waals surface area contributed by atoms with E-state index in [0.717, 1.165) is 33.2 Å². The molecule has 3 heteroatoms. The Morgan fingerprint density at radius 3 is 1.83 bits per heavy atom. The number of fused-ring (bicyclic) bond motifs is 9. The van der Waals surface area contributed by atoms with E-state index in [-0.39, 0.29) is 0 Å². The smallest absolute Gasteiger partial charge is 0.235 e. The van der Waals surface area contributed by atoms with E-state index in [0.29, 0.717) is 5.95 Å². The van der Waals surface area contributed by atoms with Gasteiger partial charge in [-0.25, -0.2) is 9.97 Å². The maximum atomic E-state index is 5.33. The van der Waals surface area contributed by atoms with Gasteiger partial charge < -0.3 is 0 Å². The van der Waals surface area contributed by atoms with E-state index in [1.54, 1.807) is 0 Å². The lowest BCUT2D eigenvalue weighted by Gasteiger charge is -2.13. The minimum atomic E-state index is 0.670. The van der Waals surface area contributed by atoms with Gasteiger partial charge in [0.25, 0.3) is 0 Å². The molecule has 0 bridgehead atoms. The summed E-state index contributed by atoms with van der Waals surface area (Å²) >= 11 is 0. The first-order chi connectivity index (χ1) is 23.3. The van der Waals surface area contributed by atoms with Crippen LogP contribution in [0.1, 0.15) is 0 Å². The molecule has 0 spiro atoms. The van der Waals surface area contributed by atoms with Crippen LogP contribution in [0, 0.1) is 0 Å². The first-order valence-electron chi connectivity index (χ1n) is 16.0. The number of nitrogens with zero attached hydrogens (tertiary/aromatic N) is 3. The molecule has 10 aromatic rings. The van der Waals surface area contributed by atoms with Crippen LogP contribution < -0.4 is 0 Å². The third kappa shape index (κ3) is 4.00. The van der Waals surface area contributed by atoms with Crippen molar-refractivity contribution in [3.8, 4) is 28.3 Å². The first kappa shape index (κ1) is 26.0. The van der Waals surface area contributed by atoms with Crippen LogP contribution in [-0.2, 0) is 0 Å². The number of hydrogen-bond donors (Lipinski definition) is 0. The predicted molar refractivity (Wildman–Crippen MR) is 197 cm³/mol. The van der Waals surface area contributed by atoms with E-state index in [1.165, 1.54) is 54.2 Å². The zero-order valence-corrected chi connectivity index (χ0v) is 25.4. The van der Waals surface area contributed by atoms with Crippen LogP contribution in [0.25, 0.3) is 93.4 Å². The highest BCUT2D eigenvalue weighted by atomic mass is 15.2. The highest BCUT2D eigenvalue weighted by molar-refractivity contribution is 6.22. The fourth-order valence-electron chi connectivity index (χ4n) is 7.34. The molecule has 10 rings (SSSR count). The number of aromatic nitrogens is 3. The van der Waals surface area contributed by atoms with Crippen LogP contribution in [0.15, 0.2) is 164 Å². The van der Waals surface area contributed by atoms with Gasteiger partial charge >= 0.3 is 0 Å². The fraction of sp³-hybridized carbons (Fsp3) is 0. The molecule has 0 N–H and O–H groups in total. The van der Waals surface area contributed by atoms with Gasteiger partial charge in [0, 0.05) is 21.7 Å². The van der Waals surface area contributed by atoms with E-state index >= 15 is 0 Å². The Morgan fingerprint density at radius 2 is 0.979 bits per heavy atom. The van der Waals surface area contributed by atoms with Gasteiger partial charge in [-0.1, -0.05) is 140 Å². The van der Waals surface area contributed by atoms with Gasteiger partial charge in [0.15, 0.2) is 0 Å². The Labute approximate surface area is 271 Å². The van der Waals surface area contributed by atoms with Crippen molar-refractivity contribution in [1.82, 2.24) is 14.5 Å². The van der Waals surface area contributed by atoms with Gasteiger partial charge in [-0.2, -0.15) is 0 Å². The lowest BCUT2D eigenvalue weighted by atomic mass is 9.96. The van der Waals surface area contributed by atoms with Gasteiger partial charge in [-0.3, -0.25) is 4.57 Å². The molecule has 2 heterocycles. The summed E-state index contributed by atoms with van der Waals surface area (Å²) in [5.74, 6) is 0.670. The second-order valence-electron chi connectivity index (χ2n) is 12.2. The summed E-state index contributed by atoms with van der Waals surface area (Å²) in [6.45, 7) is 0. The van der Waals surface area contributed by atoms with Crippen LogP contribution in [0.5, 0.6) is 0 Å². The average molecular weight is 598 g/mol. The molecule has 0 aliphatic carbocycles. The Balaban J connectivity index is 1.23. The topological polar surface area (TPSA) is 30.7 Å². The van der Waals surface area contributed by atoms with Crippen molar-refractivity contribution in [2.24, 2.45) is 0 Å². The molecule has 2 aromatic heterocycles. The van der Waals surface area contributed by atoms with Gasteiger partial charge in [0.2, 0.25) is 5.95 Å². The Kier molecular flexibility index (Phi) is 5.57. The van der Waals surface area contributed by atoms with E-state index in [4.69, 9.17) is 9.97 Å². The lowest BCUT2D eigenvalue weighted by Crippen LogP contribution is -2.03. The SMILES string of the molecule is c1ccc(-c2ccc(-c3nc(-n4c5ccccc5c5cc6c(ccc7c8ccccc8ccc67)cc54)nc4ccccc34)cc2)cc1. The predicted octanol–water partition coefficient (Wildman–Crippen LogP) is 11.5. The summed E-state index contributed by atoms with van der Waals surface area (Å²) in [5, 5.41) is 11.0. The van der Waals surface area contributed by atoms with Gasteiger partial charge in [-0.15, -0.1) is 0 Å². The highest BCUT2D eigenvalue weighted by Crippen LogP contribution is 2.39. The molecule has 3 nitrogen and oxygen atoms in total. The highest BCUT2D eigenvalue weighted by Gasteiger charge is 2.18. The van der Waals surface area contributed by atoms with Gasteiger partial charge in [0.1, 0.15) is 0 Å².